The topological polar surface area (TPSA) is 55.8 Å². The molecule has 3 aliphatic heterocycles. The Bertz CT molecular complexity index is 792. The van der Waals surface area contributed by atoms with Crippen molar-refractivity contribution < 1.29 is 19.1 Å². The molecule has 0 radical (unpaired) electrons. The van der Waals surface area contributed by atoms with Crippen LogP contribution in [0.3, 0.4) is 0 Å². The molecule has 1 aromatic carbocycles. The van der Waals surface area contributed by atoms with Crippen molar-refractivity contribution >= 4 is 27.8 Å². The Labute approximate surface area is 174 Å². The lowest BCUT2D eigenvalue weighted by molar-refractivity contribution is -0.154. The Hall–Kier alpha value is -1.66. The minimum absolute atomic E-state index is 0.0159. The van der Waals surface area contributed by atoms with E-state index in [0.717, 1.165) is 29.3 Å². The van der Waals surface area contributed by atoms with E-state index in [1.54, 1.807) is 0 Å². The number of carbonyl (C=O) groups excluding carboxylic acids is 2. The SMILES string of the molecule is CCCCCOC(=O)[C@@H]1[C@H]2C(=O)N([C@@H](C)c3ccc(Br)cc3)C[C@]23C=C[C@H]1O3. The van der Waals surface area contributed by atoms with E-state index in [1.165, 1.54) is 0 Å². The van der Waals surface area contributed by atoms with Crippen LogP contribution in [-0.2, 0) is 19.1 Å². The molecule has 6 heteroatoms. The molecule has 3 aliphatic rings. The molecule has 150 valence electrons. The van der Waals surface area contributed by atoms with E-state index >= 15 is 0 Å². The van der Waals surface area contributed by atoms with Gasteiger partial charge in [0.05, 0.1) is 31.2 Å². The van der Waals surface area contributed by atoms with Gasteiger partial charge in [-0.25, -0.2) is 0 Å². The molecule has 1 aromatic rings. The highest BCUT2D eigenvalue weighted by molar-refractivity contribution is 9.10. The number of nitrogens with zero attached hydrogens (tertiary/aromatic N) is 1. The largest absolute Gasteiger partial charge is 0.465 e. The second kappa shape index (κ2) is 7.64. The smallest absolute Gasteiger partial charge is 0.312 e. The normalized spacial score (nSPS) is 31.3. The summed E-state index contributed by atoms with van der Waals surface area (Å²) in [7, 11) is 0. The van der Waals surface area contributed by atoms with Crippen molar-refractivity contribution in [2.45, 2.75) is 50.9 Å². The summed E-state index contributed by atoms with van der Waals surface area (Å²) >= 11 is 3.45. The van der Waals surface area contributed by atoms with Crippen molar-refractivity contribution in [1.82, 2.24) is 4.90 Å². The van der Waals surface area contributed by atoms with E-state index in [1.807, 2.05) is 48.2 Å². The standard InChI is InChI=1S/C22H26BrNO4/c1-3-4-5-12-27-21(26)18-17-10-11-22(28-17)13-24(20(25)19(18)22)14(2)15-6-8-16(23)9-7-15/h6-11,14,17-19H,3-5,12-13H2,1-2H3/t14-,17+,18-,19-,22+/m0/s1. The lowest BCUT2D eigenvalue weighted by atomic mass is 9.77. The van der Waals surface area contributed by atoms with Gasteiger partial charge in [-0.3, -0.25) is 9.59 Å². The molecule has 3 heterocycles. The van der Waals surface area contributed by atoms with Crippen molar-refractivity contribution in [3.05, 3.63) is 46.5 Å². The van der Waals surface area contributed by atoms with E-state index in [2.05, 4.69) is 22.9 Å². The third kappa shape index (κ3) is 3.20. The highest BCUT2D eigenvalue weighted by Gasteiger charge is 2.67. The number of carbonyl (C=O) groups is 2. The number of ether oxygens (including phenoxy) is 2. The Balaban J connectivity index is 1.51. The zero-order chi connectivity index (χ0) is 19.9. The van der Waals surface area contributed by atoms with Gasteiger partial charge in [0.25, 0.3) is 0 Å². The molecule has 0 unspecified atom stereocenters. The number of unbranched alkanes of at least 4 members (excludes halogenated alkanes) is 2. The molecule has 4 rings (SSSR count). The summed E-state index contributed by atoms with van der Waals surface area (Å²) in [6.07, 6.45) is 6.51. The van der Waals surface area contributed by atoms with Crippen LogP contribution >= 0.6 is 15.9 Å². The Morgan fingerprint density at radius 2 is 2.11 bits per heavy atom. The van der Waals surface area contributed by atoms with Crippen LogP contribution in [0.25, 0.3) is 0 Å². The predicted molar refractivity (Wildman–Crippen MR) is 108 cm³/mol. The van der Waals surface area contributed by atoms with Crippen LogP contribution < -0.4 is 0 Å². The summed E-state index contributed by atoms with van der Waals surface area (Å²) in [5, 5.41) is 0. The van der Waals surface area contributed by atoms with Gasteiger partial charge in [0, 0.05) is 4.47 Å². The first-order chi connectivity index (χ1) is 13.5. The summed E-state index contributed by atoms with van der Waals surface area (Å²) in [5.41, 5.74) is 0.364. The number of hydrogen-bond acceptors (Lipinski definition) is 4. The van der Waals surface area contributed by atoms with Crippen LogP contribution in [0.4, 0.5) is 0 Å². The molecule has 1 spiro atoms. The van der Waals surface area contributed by atoms with Crippen LogP contribution in [0, 0.1) is 11.8 Å². The van der Waals surface area contributed by atoms with E-state index in [-0.39, 0.29) is 24.0 Å². The maximum atomic E-state index is 13.3. The molecule has 5 atom stereocenters. The van der Waals surface area contributed by atoms with Crippen LogP contribution in [0.1, 0.15) is 44.7 Å². The maximum absolute atomic E-state index is 13.3. The van der Waals surface area contributed by atoms with Gasteiger partial charge in [-0.1, -0.05) is 60.0 Å². The molecule has 0 aliphatic carbocycles. The first-order valence-corrected chi connectivity index (χ1v) is 10.9. The second-order valence-corrected chi connectivity index (χ2v) is 8.88. The number of benzene rings is 1. The first kappa shape index (κ1) is 19.6. The molecule has 28 heavy (non-hydrogen) atoms. The van der Waals surface area contributed by atoms with Gasteiger partial charge in [-0.2, -0.15) is 0 Å². The molecule has 0 N–H and O–H groups in total. The number of hydrogen-bond donors (Lipinski definition) is 0. The van der Waals surface area contributed by atoms with E-state index in [9.17, 15) is 9.59 Å². The highest BCUT2D eigenvalue weighted by Crippen LogP contribution is 2.53. The molecular weight excluding hydrogens is 422 g/mol. The summed E-state index contributed by atoms with van der Waals surface area (Å²) in [4.78, 5) is 27.9. The first-order valence-electron chi connectivity index (χ1n) is 10.1. The lowest BCUT2D eigenvalue weighted by Gasteiger charge is -2.27. The van der Waals surface area contributed by atoms with Gasteiger partial charge in [-0.05, 0) is 31.0 Å². The Kier molecular flexibility index (Phi) is 5.36. The number of fused-ring (bicyclic) bond motifs is 1. The third-order valence-corrected chi connectivity index (χ3v) is 6.74. The van der Waals surface area contributed by atoms with E-state index in [4.69, 9.17) is 9.47 Å². The molecule has 2 saturated heterocycles. The molecule has 0 saturated carbocycles. The third-order valence-electron chi connectivity index (χ3n) is 6.21. The Morgan fingerprint density at radius 1 is 1.36 bits per heavy atom. The number of amides is 1. The fourth-order valence-corrected chi connectivity index (χ4v) is 4.93. The fraction of sp³-hybridized carbons (Fsp3) is 0.545. The van der Waals surface area contributed by atoms with Crippen molar-refractivity contribution in [1.29, 1.82) is 0 Å². The van der Waals surface area contributed by atoms with Gasteiger partial charge in [-0.15, -0.1) is 0 Å². The summed E-state index contributed by atoms with van der Waals surface area (Å²) < 4.78 is 12.7. The fourth-order valence-electron chi connectivity index (χ4n) is 4.67. The van der Waals surface area contributed by atoms with Gasteiger partial charge in [0.15, 0.2) is 0 Å². The molecule has 5 nitrogen and oxygen atoms in total. The minimum atomic E-state index is -0.696. The van der Waals surface area contributed by atoms with E-state index < -0.39 is 17.4 Å². The van der Waals surface area contributed by atoms with Crippen molar-refractivity contribution in [2.75, 3.05) is 13.2 Å². The summed E-state index contributed by atoms with van der Waals surface area (Å²) in [5.74, 6) is -1.35. The molecule has 1 amide bonds. The van der Waals surface area contributed by atoms with Crippen LogP contribution in [-0.4, -0.2) is 41.6 Å². The zero-order valence-corrected chi connectivity index (χ0v) is 17.9. The minimum Gasteiger partial charge on any atom is -0.465 e. The number of halogens is 1. The van der Waals surface area contributed by atoms with Gasteiger partial charge in [0.1, 0.15) is 11.5 Å². The van der Waals surface area contributed by atoms with Crippen LogP contribution in [0.15, 0.2) is 40.9 Å². The Morgan fingerprint density at radius 3 is 2.82 bits per heavy atom. The van der Waals surface area contributed by atoms with Gasteiger partial charge >= 0.3 is 5.97 Å². The van der Waals surface area contributed by atoms with Crippen LogP contribution in [0.5, 0.6) is 0 Å². The summed E-state index contributed by atoms with van der Waals surface area (Å²) in [6.45, 7) is 5.01. The van der Waals surface area contributed by atoms with Crippen molar-refractivity contribution in [2.24, 2.45) is 11.8 Å². The van der Waals surface area contributed by atoms with Gasteiger partial charge < -0.3 is 14.4 Å². The average Bonchev–Trinajstić information content (AvgIpc) is 3.33. The van der Waals surface area contributed by atoms with Gasteiger partial charge in [0.2, 0.25) is 5.91 Å². The molecule has 2 bridgehead atoms. The van der Waals surface area contributed by atoms with Crippen LogP contribution in [0.2, 0.25) is 0 Å². The highest BCUT2D eigenvalue weighted by atomic mass is 79.9. The summed E-state index contributed by atoms with van der Waals surface area (Å²) in [6, 6.07) is 7.90. The molecule has 0 aromatic heterocycles. The number of likely N-dealkylation sites (tertiary alicyclic amines) is 1. The predicted octanol–water partition coefficient (Wildman–Crippen LogP) is 4.03. The second-order valence-electron chi connectivity index (χ2n) is 7.97. The monoisotopic (exact) mass is 447 g/mol. The quantitative estimate of drug-likeness (QED) is 0.359. The zero-order valence-electron chi connectivity index (χ0n) is 16.3. The number of esters is 1. The average molecular weight is 448 g/mol. The molecule has 2 fully saturated rings. The maximum Gasteiger partial charge on any atom is 0.312 e. The van der Waals surface area contributed by atoms with Crippen molar-refractivity contribution in [3.63, 3.8) is 0 Å². The molecular formula is C22H26BrNO4. The van der Waals surface area contributed by atoms with Crippen molar-refractivity contribution in [3.8, 4) is 0 Å². The van der Waals surface area contributed by atoms with E-state index in [0.29, 0.717) is 13.2 Å². The lowest BCUT2D eigenvalue weighted by Crippen LogP contribution is -2.40. The number of rotatable bonds is 7.